The number of carbonyl (C=O) groups excluding carboxylic acids is 1. The number of ketones is 1. The van der Waals surface area contributed by atoms with E-state index in [1.54, 1.807) is 0 Å². The van der Waals surface area contributed by atoms with Gasteiger partial charge in [0.1, 0.15) is 5.78 Å². The first-order valence-electron chi connectivity index (χ1n) is 4.39. The number of nitrogens with zero attached hydrogens (tertiary/aromatic N) is 1. The molecule has 0 amide bonds. The van der Waals surface area contributed by atoms with Crippen LogP contribution in [0, 0.1) is 0 Å². The van der Waals surface area contributed by atoms with Crippen LogP contribution in [0.1, 0.15) is 19.8 Å². The smallest absolute Gasteiger partial charge is 0.301 e. The third kappa shape index (κ3) is 3.01. The van der Waals surface area contributed by atoms with Gasteiger partial charge in [-0.1, -0.05) is 0 Å². The van der Waals surface area contributed by atoms with Crippen LogP contribution in [0.5, 0.6) is 0 Å². The van der Waals surface area contributed by atoms with E-state index >= 15 is 0 Å². The van der Waals surface area contributed by atoms with E-state index in [-0.39, 0.29) is 5.78 Å². The molecule has 0 aliphatic carbocycles. The molecule has 0 saturated carbocycles. The summed E-state index contributed by atoms with van der Waals surface area (Å²) in [6.07, 6.45) is 2.49. The zero-order chi connectivity index (χ0) is 10.6. The van der Waals surface area contributed by atoms with Gasteiger partial charge < -0.3 is 9.36 Å². The van der Waals surface area contributed by atoms with Gasteiger partial charge in [0.25, 0.3) is 5.56 Å². The van der Waals surface area contributed by atoms with Gasteiger partial charge in [-0.3, -0.25) is 9.78 Å². The standard InChI is InChI=1S/C9H12N2O3/c1-7(12)3-2-5-11-6-4-8(13)10-9(11)14/h4,6H,2-3,5H2,1H3,(H,10,13,14). The highest BCUT2D eigenvalue weighted by Gasteiger charge is 1.97. The van der Waals surface area contributed by atoms with Crippen LogP contribution in [0.3, 0.4) is 0 Å². The molecule has 0 aliphatic rings. The predicted octanol–water partition coefficient (Wildman–Crippen LogP) is -0.0942. The quantitative estimate of drug-likeness (QED) is 0.731. The molecule has 5 nitrogen and oxygen atoms in total. The minimum absolute atomic E-state index is 0.0995. The van der Waals surface area contributed by atoms with E-state index in [9.17, 15) is 14.4 Å². The van der Waals surface area contributed by atoms with Gasteiger partial charge in [0.2, 0.25) is 0 Å². The fourth-order valence-electron chi connectivity index (χ4n) is 1.12. The topological polar surface area (TPSA) is 71.9 Å². The molecule has 0 unspecified atom stereocenters. The number of aryl methyl sites for hydroxylation is 1. The maximum atomic E-state index is 11.1. The lowest BCUT2D eigenvalue weighted by Crippen LogP contribution is -2.28. The Morgan fingerprint density at radius 2 is 2.21 bits per heavy atom. The number of aromatic amines is 1. The molecule has 76 valence electrons. The third-order valence-corrected chi connectivity index (χ3v) is 1.82. The van der Waals surface area contributed by atoms with Gasteiger partial charge in [-0.25, -0.2) is 4.79 Å². The number of hydrogen-bond acceptors (Lipinski definition) is 3. The molecule has 0 bridgehead atoms. The van der Waals surface area contributed by atoms with Crippen LogP contribution >= 0.6 is 0 Å². The number of rotatable bonds is 4. The molecular weight excluding hydrogens is 184 g/mol. The summed E-state index contributed by atoms with van der Waals surface area (Å²) in [5.41, 5.74) is -0.834. The minimum Gasteiger partial charge on any atom is -0.301 e. The second kappa shape index (κ2) is 4.55. The Hall–Kier alpha value is -1.65. The van der Waals surface area contributed by atoms with Crippen molar-refractivity contribution in [3.8, 4) is 0 Å². The number of Topliss-reactive ketones (excluding diaryl/α,β-unsaturated/α-hetero) is 1. The molecule has 1 aromatic heterocycles. The number of H-pyrrole nitrogens is 1. The Morgan fingerprint density at radius 3 is 2.79 bits per heavy atom. The summed E-state index contributed by atoms with van der Waals surface area (Å²) in [5, 5.41) is 0. The SMILES string of the molecule is CC(=O)CCCn1ccc(=O)[nH]c1=O. The summed E-state index contributed by atoms with van der Waals surface area (Å²) in [7, 11) is 0. The molecule has 0 atom stereocenters. The van der Waals surface area contributed by atoms with E-state index in [4.69, 9.17) is 0 Å². The van der Waals surface area contributed by atoms with Crippen molar-refractivity contribution in [3.63, 3.8) is 0 Å². The fourth-order valence-corrected chi connectivity index (χ4v) is 1.12. The first-order chi connectivity index (χ1) is 6.59. The van der Waals surface area contributed by atoms with Crippen molar-refractivity contribution in [2.24, 2.45) is 0 Å². The highest BCUT2D eigenvalue weighted by atomic mass is 16.2. The molecule has 0 spiro atoms. The lowest BCUT2D eigenvalue weighted by molar-refractivity contribution is -0.117. The Bertz CT molecular complexity index is 430. The van der Waals surface area contributed by atoms with Crippen LogP contribution in [0.2, 0.25) is 0 Å². The molecule has 1 N–H and O–H groups in total. The van der Waals surface area contributed by atoms with Crippen molar-refractivity contribution < 1.29 is 4.79 Å². The molecule has 1 heterocycles. The molecule has 0 saturated heterocycles. The second-order valence-corrected chi connectivity index (χ2v) is 3.11. The van der Waals surface area contributed by atoms with Crippen LogP contribution in [0.25, 0.3) is 0 Å². The summed E-state index contributed by atoms with van der Waals surface area (Å²) < 4.78 is 1.38. The normalized spacial score (nSPS) is 10.1. The van der Waals surface area contributed by atoms with E-state index in [2.05, 4.69) is 4.98 Å². The van der Waals surface area contributed by atoms with Crippen molar-refractivity contribution in [3.05, 3.63) is 33.1 Å². The van der Waals surface area contributed by atoms with E-state index in [0.29, 0.717) is 19.4 Å². The van der Waals surface area contributed by atoms with Gasteiger partial charge in [0.05, 0.1) is 0 Å². The maximum absolute atomic E-state index is 11.1. The molecule has 0 radical (unpaired) electrons. The monoisotopic (exact) mass is 196 g/mol. The number of carbonyl (C=O) groups is 1. The van der Waals surface area contributed by atoms with E-state index in [0.717, 1.165) is 0 Å². The number of hydrogen-bond donors (Lipinski definition) is 1. The summed E-state index contributed by atoms with van der Waals surface area (Å²) in [4.78, 5) is 34.6. The Kier molecular flexibility index (Phi) is 3.39. The van der Waals surface area contributed by atoms with Gasteiger partial charge in [-0.2, -0.15) is 0 Å². The zero-order valence-electron chi connectivity index (χ0n) is 7.95. The largest absolute Gasteiger partial charge is 0.328 e. The van der Waals surface area contributed by atoms with E-state index in [1.165, 1.54) is 23.8 Å². The fraction of sp³-hybridized carbons (Fsp3) is 0.444. The van der Waals surface area contributed by atoms with E-state index < -0.39 is 11.2 Å². The molecular formula is C9H12N2O3. The molecule has 1 rings (SSSR count). The average molecular weight is 196 g/mol. The lowest BCUT2D eigenvalue weighted by Gasteiger charge is -2.01. The van der Waals surface area contributed by atoms with Gasteiger partial charge in [0, 0.05) is 25.2 Å². The molecule has 5 heteroatoms. The first-order valence-corrected chi connectivity index (χ1v) is 4.39. The predicted molar refractivity (Wildman–Crippen MR) is 51.2 cm³/mol. The molecule has 0 fully saturated rings. The zero-order valence-corrected chi connectivity index (χ0v) is 7.95. The van der Waals surface area contributed by atoms with Crippen molar-refractivity contribution in [1.29, 1.82) is 0 Å². The molecule has 0 aliphatic heterocycles. The Balaban J connectivity index is 2.64. The maximum Gasteiger partial charge on any atom is 0.328 e. The average Bonchev–Trinajstić information content (AvgIpc) is 2.08. The minimum atomic E-state index is -0.430. The van der Waals surface area contributed by atoms with Gasteiger partial charge in [-0.05, 0) is 13.3 Å². The van der Waals surface area contributed by atoms with Gasteiger partial charge >= 0.3 is 5.69 Å². The Morgan fingerprint density at radius 1 is 1.50 bits per heavy atom. The number of nitrogens with one attached hydrogen (secondary N) is 1. The molecule has 14 heavy (non-hydrogen) atoms. The third-order valence-electron chi connectivity index (χ3n) is 1.82. The van der Waals surface area contributed by atoms with Crippen LogP contribution in [0.4, 0.5) is 0 Å². The number of aromatic nitrogens is 2. The van der Waals surface area contributed by atoms with Crippen molar-refractivity contribution >= 4 is 5.78 Å². The van der Waals surface area contributed by atoms with Gasteiger partial charge in [0.15, 0.2) is 0 Å². The van der Waals surface area contributed by atoms with Crippen LogP contribution in [-0.2, 0) is 11.3 Å². The first kappa shape index (κ1) is 10.4. The van der Waals surface area contributed by atoms with Crippen molar-refractivity contribution in [2.75, 3.05) is 0 Å². The highest BCUT2D eigenvalue weighted by molar-refractivity contribution is 5.75. The molecule has 0 aromatic carbocycles. The second-order valence-electron chi connectivity index (χ2n) is 3.11. The highest BCUT2D eigenvalue weighted by Crippen LogP contribution is 1.92. The summed E-state index contributed by atoms with van der Waals surface area (Å²) in [6.45, 7) is 1.96. The van der Waals surface area contributed by atoms with Crippen molar-refractivity contribution in [2.45, 2.75) is 26.3 Å². The van der Waals surface area contributed by atoms with Crippen LogP contribution in [0.15, 0.2) is 21.9 Å². The van der Waals surface area contributed by atoms with E-state index in [1.807, 2.05) is 0 Å². The lowest BCUT2D eigenvalue weighted by atomic mass is 10.2. The molecule has 1 aromatic rings. The van der Waals surface area contributed by atoms with Crippen molar-refractivity contribution in [1.82, 2.24) is 9.55 Å². The van der Waals surface area contributed by atoms with Crippen LogP contribution < -0.4 is 11.2 Å². The van der Waals surface area contributed by atoms with Crippen LogP contribution in [-0.4, -0.2) is 15.3 Å². The summed E-state index contributed by atoms with van der Waals surface area (Å²) in [5.74, 6) is 0.0995. The van der Waals surface area contributed by atoms with Gasteiger partial charge in [-0.15, -0.1) is 0 Å². The summed E-state index contributed by atoms with van der Waals surface area (Å²) >= 11 is 0. The Labute approximate surface area is 80.4 Å². The summed E-state index contributed by atoms with van der Waals surface area (Å²) in [6, 6.07) is 1.29.